The average molecular weight is 406 g/mol. The molecule has 0 bridgehead atoms. The van der Waals surface area contributed by atoms with E-state index in [1.54, 1.807) is 6.07 Å². The summed E-state index contributed by atoms with van der Waals surface area (Å²) in [4.78, 5) is 11.1. The van der Waals surface area contributed by atoms with Gasteiger partial charge in [-0.3, -0.25) is 0 Å². The molecule has 0 aliphatic rings. The molecular weight excluding hydrogens is 391 g/mol. The van der Waals surface area contributed by atoms with Crippen molar-refractivity contribution in [2.24, 2.45) is 0 Å². The lowest BCUT2D eigenvalue weighted by Crippen LogP contribution is -2.12. The van der Waals surface area contributed by atoms with Gasteiger partial charge in [-0.25, -0.2) is 4.79 Å². The largest absolute Gasteiger partial charge is 0.482 e. The van der Waals surface area contributed by atoms with Gasteiger partial charge in [-0.1, -0.05) is 48.7 Å². The fraction of sp³-hybridized carbons (Fsp3) is 0.312. The highest BCUT2D eigenvalue weighted by Crippen LogP contribution is 2.39. The molecule has 25 heavy (non-hydrogen) atoms. The molecule has 1 heterocycles. The minimum atomic E-state index is -0.523. The third kappa shape index (κ3) is 5.11. The van der Waals surface area contributed by atoms with Crippen LogP contribution in [0.3, 0.4) is 0 Å². The molecule has 1 aromatic carbocycles. The summed E-state index contributed by atoms with van der Waals surface area (Å²) in [5.41, 5.74) is 0.789. The van der Waals surface area contributed by atoms with E-state index >= 15 is 0 Å². The maximum absolute atomic E-state index is 11.1. The van der Waals surface area contributed by atoms with Crippen molar-refractivity contribution >= 4 is 40.8 Å². The smallest absolute Gasteiger partial charge is 0.343 e. The van der Waals surface area contributed by atoms with Crippen molar-refractivity contribution in [3.8, 4) is 17.4 Å². The molecule has 0 unspecified atom stereocenters. The predicted octanol–water partition coefficient (Wildman–Crippen LogP) is 4.90. The van der Waals surface area contributed by atoms with Crippen LogP contribution in [0.15, 0.2) is 18.2 Å². The number of methoxy groups -OCH3 is 1. The maximum Gasteiger partial charge on any atom is 0.343 e. The molecule has 0 fully saturated rings. The van der Waals surface area contributed by atoms with Crippen LogP contribution in [0.2, 0.25) is 15.2 Å². The van der Waals surface area contributed by atoms with E-state index in [-0.39, 0.29) is 34.2 Å². The summed E-state index contributed by atoms with van der Waals surface area (Å²) >= 11 is 18.4. The number of carbonyl (C=O) groups excluding carboxylic acids is 1. The van der Waals surface area contributed by atoms with E-state index in [0.717, 1.165) is 5.56 Å². The van der Waals surface area contributed by atoms with Gasteiger partial charge in [0, 0.05) is 18.2 Å². The van der Waals surface area contributed by atoms with Crippen LogP contribution < -0.4 is 9.47 Å². The summed E-state index contributed by atoms with van der Waals surface area (Å²) in [7, 11) is 1.27. The second-order valence-corrected chi connectivity index (χ2v) is 6.44. The van der Waals surface area contributed by atoms with Gasteiger partial charge in [0.2, 0.25) is 5.88 Å². The number of benzene rings is 1. The molecular formula is C16H15Cl3N2O4. The third-order valence-electron chi connectivity index (χ3n) is 3.14. The Balaban J connectivity index is 2.23. The molecule has 0 aliphatic carbocycles. The summed E-state index contributed by atoms with van der Waals surface area (Å²) in [5.74, 6) is 0.327. The SMILES string of the molecule is COC(=O)COc1cc(Cl)c(Oc2cc(C(C)C)c(Cl)nn2)c(Cl)c1. The van der Waals surface area contributed by atoms with E-state index < -0.39 is 5.97 Å². The lowest BCUT2D eigenvalue weighted by molar-refractivity contribution is -0.142. The molecule has 0 saturated heterocycles. The molecule has 0 N–H and O–H groups in total. The van der Waals surface area contributed by atoms with Gasteiger partial charge in [-0.05, 0) is 11.5 Å². The second-order valence-electron chi connectivity index (χ2n) is 5.27. The van der Waals surface area contributed by atoms with Gasteiger partial charge in [0.05, 0.1) is 17.2 Å². The molecule has 1 aromatic heterocycles. The molecule has 0 atom stereocenters. The first-order valence-corrected chi connectivity index (χ1v) is 8.34. The van der Waals surface area contributed by atoms with Crippen molar-refractivity contribution in [1.82, 2.24) is 10.2 Å². The van der Waals surface area contributed by atoms with E-state index in [9.17, 15) is 4.79 Å². The number of aromatic nitrogens is 2. The molecule has 0 radical (unpaired) electrons. The maximum atomic E-state index is 11.1. The van der Waals surface area contributed by atoms with Gasteiger partial charge in [0.1, 0.15) is 5.75 Å². The van der Waals surface area contributed by atoms with Crippen LogP contribution in [0, 0.1) is 0 Å². The number of hydrogen-bond donors (Lipinski definition) is 0. The zero-order valence-corrected chi connectivity index (χ0v) is 15.9. The average Bonchev–Trinajstić information content (AvgIpc) is 2.57. The van der Waals surface area contributed by atoms with E-state index in [0.29, 0.717) is 10.9 Å². The molecule has 0 saturated carbocycles. The minimum absolute atomic E-state index is 0.144. The minimum Gasteiger partial charge on any atom is -0.482 e. The van der Waals surface area contributed by atoms with Gasteiger partial charge in [0.25, 0.3) is 0 Å². The van der Waals surface area contributed by atoms with E-state index in [1.165, 1.54) is 19.2 Å². The Bertz CT molecular complexity index is 761. The molecule has 0 amide bonds. The zero-order chi connectivity index (χ0) is 18.6. The quantitative estimate of drug-likeness (QED) is 0.636. The normalized spacial score (nSPS) is 10.7. The number of esters is 1. The third-order valence-corrected chi connectivity index (χ3v) is 3.99. The Morgan fingerprint density at radius 1 is 1.12 bits per heavy atom. The summed E-state index contributed by atoms with van der Waals surface area (Å²) in [6, 6.07) is 4.62. The van der Waals surface area contributed by atoms with Crippen LogP contribution in [0.5, 0.6) is 17.4 Å². The predicted molar refractivity (Wildman–Crippen MR) is 95.2 cm³/mol. The van der Waals surface area contributed by atoms with Crippen LogP contribution in [-0.4, -0.2) is 29.9 Å². The highest BCUT2D eigenvalue weighted by Gasteiger charge is 2.15. The number of carbonyl (C=O) groups is 1. The van der Waals surface area contributed by atoms with Crippen molar-refractivity contribution in [2.45, 2.75) is 19.8 Å². The Labute approximate surface area is 159 Å². The van der Waals surface area contributed by atoms with Gasteiger partial charge in [0.15, 0.2) is 17.5 Å². The van der Waals surface area contributed by atoms with Crippen molar-refractivity contribution in [1.29, 1.82) is 0 Å². The molecule has 134 valence electrons. The van der Waals surface area contributed by atoms with Crippen LogP contribution in [0.4, 0.5) is 0 Å². The zero-order valence-electron chi connectivity index (χ0n) is 13.7. The first-order valence-electron chi connectivity index (χ1n) is 7.21. The standard InChI is InChI=1S/C16H15Cl3N2O4/c1-8(2)10-6-13(20-21-16(10)19)25-15-11(17)4-9(5-12(15)18)24-7-14(22)23-3/h4-6,8H,7H2,1-3H3. The fourth-order valence-corrected chi connectivity index (χ4v) is 2.71. The van der Waals surface area contributed by atoms with Crippen molar-refractivity contribution < 1.29 is 19.0 Å². The summed E-state index contributed by atoms with van der Waals surface area (Å²) in [6.07, 6.45) is 0. The number of halogens is 3. The Kier molecular flexibility index (Phi) is 6.70. The molecule has 0 aliphatic heterocycles. The summed E-state index contributed by atoms with van der Waals surface area (Å²) in [6.45, 7) is 3.68. The molecule has 2 aromatic rings. The fourth-order valence-electron chi connectivity index (χ4n) is 1.85. The van der Waals surface area contributed by atoms with Crippen LogP contribution >= 0.6 is 34.8 Å². The Morgan fingerprint density at radius 2 is 1.76 bits per heavy atom. The number of hydrogen-bond acceptors (Lipinski definition) is 6. The Hall–Kier alpha value is -1.76. The lowest BCUT2D eigenvalue weighted by Gasteiger charge is -2.13. The topological polar surface area (TPSA) is 70.5 Å². The van der Waals surface area contributed by atoms with Gasteiger partial charge in [-0.2, -0.15) is 0 Å². The molecule has 0 spiro atoms. The number of nitrogens with zero attached hydrogens (tertiary/aromatic N) is 2. The second kappa shape index (κ2) is 8.56. The van der Waals surface area contributed by atoms with Gasteiger partial charge >= 0.3 is 5.97 Å². The Morgan fingerprint density at radius 3 is 2.32 bits per heavy atom. The highest BCUT2D eigenvalue weighted by molar-refractivity contribution is 6.37. The van der Waals surface area contributed by atoms with Gasteiger partial charge in [-0.15, -0.1) is 10.2 Å². The lowest BCUT2D eigenvalue weighted by atomic mass is 10.1. The monoisotopic (exact) mass is 404 g/mol. The first-order chi connectivity index (χ1) is 11.8. The van der Waals surface area contributed by atoms with E-state index in [1.807, 2.05) is 13.8 Å². The summed E-state index contributed by atoms with van der Waals surface area (Å²) in [5, 5.41) is 8.43. The van der Waals surface area contributed by atoms with Crippen molar-refractivity contribution in [2.75, 3.05) is 13.7 Å². The highest BCUT2D eigenvalue weighted by atomic mass is 35.5. The number of rotatable bonds is 6. The first kappa shape index (κ1) is 19.6. The van der Waals surface area contributed by atoms with Crippen molar-refractivity contribution in [3.63, 3.8) is 0 Å². The van der Waals surface area contributed by atoms with Crippen molar-refractivity contribution in [3.05, 3.63) is 39.0 Å². The van der Waals surface area contributed by atoms with Gasteiger partial charge < -0.3 is 14.2 Å². The van der Waals surface area contributed by atoms with Crippen LogP contribution in [-0.2, 0) is 9.53 Å². The molecule has 9 heteroatoms. The van der Waals surface area contributed by atoms with Crippen LogP contribution in [0.1, 0.15) is 25.3 Å². The summed E-state index contributed by atoms with van der Waals surface area (Å²) < 4.78 is 15.4. The number of ether oxygens (including phenoxy) is 3. The van der Waals surface area contributed by atoms with E-state index in [4.69, 9.17) is 44.3 Å². The van der Waals surface area contributed by atoms with E-state index in [2.05, 4.69) is 14.9 Å². The molecule has 2 rings (SSSR count). The van der Waals surface area contributed by atoms with Crippen LogP contribution in [0.25, 0.3) is 0 Å². The molecule has 6 nitrogen and oxygen atoms in total.